The Morgan fingerprint density at radius 2 is 1.79 bits per heavy atom. The Labute approximate surface area is 86.6 Å². The molecule has 2 saturated heterocycles. The first-order chi connectivity index (χ1) is 6.88. The minimum atomic E-state index is 0.338. The van der Waals surface area contributed by atoms with Gasteiger partial charge in [-0.15, -0.1) is 0 Å². The highest BCUT2D eigenvalue weighted by molar-refractivity contribution is 4.78. The summed E-state index contributed by atoms with van der Waals surface area (Å²) in [6, 6.07) is 0. The van der Waals surface area contributed by atoms with Gasteiger partial charge in [-0.1, -0.05) is 6.42 Å². The highest BCUT2D eigenvalue weighted by Gasteiger charge is 2.26. The van der Waals surface area contributed by atoms with Crippen molar-refractivity contribution in [1.29, 1.82) is 0 Å². The fourth-order valence-corrected chi connectivity index (χ4v) is 2.52. The Hall–Kier alpha value is -0.120. The minimum Gasteiger partial charge on any atom is -0.372 e. The molecule has 82 valence electrons. The molecule has 2 aliphatic rings. The molecular formula is C11H22N2O. The molecule has 0 aliphatic carbocycles. The van der Waals surface area contributed by atoms with Gasteiger partial charge in [0.1, 0.15) is 0 Å². The van der Waals surface area contributed by atoms with Crippen LogP contribution in [0.5, 0.6) is 0 Å². The number of nitrogens with zero attached hydrogens (tertiary/aromatic N) is 1. The van der Waals surface area contributed by atoms with Crippen LogP contribution in [0.25, 0.3) is 0 Å². The van der Waals surface area contributed by atoms with E-state index in [9.17, 15) is 0 Å². The maximum absolute atomic E-state index is 5.85. The van der Waals surface area contributed by atoms with Gasteiger partial charge in [0.2, 0.25) is 0 Å². The van der Waals surface area contributed by atoms with Crippen LogP contribution in [-0.4, -0.2) is 43.3 Å². The van der Waals surface area contributed by atoms with Gasteiger partial charge in [0.25, 0.3) is 0 Å². The lowest BCUT2D eigenvalue weighted by atomic mass is 10.1. The molecule has 0 aromatic rings. The molecule has 2 fully saturated rings. The van der Waals surface area contributed by atoms with Crippen LogP contribution in [0.4, 0.5) is 0 Å². The van der Waals surface area contributed by atoms with E-state index in [-0.39, 0.29) is 0 Å². The van der Waals surface area contributed by atoms with Crippen LogP contribution in [-0.2, 0) is 4.74 Å². The third-order valence-electron chi connectivity index (χ3n) is 3.37. The predicted octanol–water partition coefficient (Wildman–Crippen LogP) is 0.979. The van der Waals surface area contributed by atoms with Crippen molar-refractivity contribution in [2.24, 2.45) is 5.73 Å². The normalized spacial score (nSPS) is 34.9. The van der Waals surface area contributed by atoms with Crippen molar-refractivity contribution in [1.82, 2.24) is 4.90 Å². The molecule has 0 aromatic carbocycles. The van der Waals surface area contributed by atoms with E-state index >= 15 is 0 Å². The molecule has 14 heavy (non-hydrogen) atoms. The highest BCUT2D eigenvalue weighted by Crippen LogP contribution is 2.21. The summed E-state index contributed by atoms with van der Waals surface area (Å²) in [6.07, 6.45) is 7.31. The summed E-state index contributed by atoms with van der Waals surface area (Å²) in [5.74, 6) is 0. The number of likely N-dealkylation sites (tertiary alicyclic amines) is 1. The number of ether oxygens (including phenoxy) is 1. The van der Waals surface area contributed by atoms with Gasteiger partial charge < -0.3 is 15.4 Å². The zero-order chi connectivity index (χ0) is 9.80. The van der Waals surface area contributed by atoms with Crippen LogP contribution in [0, 0.1) is 0 Å². The van der Waals surface area contributed by atoms with E-state index in [0.717, 1.165) is 13.0 Å². The van der Waals surface area contributed by atoms with Crippen molar-refractivity contribution in [3.63, 3.8) is 0 Å². The second-order valence-corrected chi connectivity index (χ2v) is 4.55. The van der Waals surface area contributed by atoms with Crippen molar-refractivity contribution in [2.45, 2.75) is 44.3 Å². The zero-order valence-electron chi connectivity index (χ0n) is 8.95. The second-order valence-electron chi connectivity index (χ2n) is 4.55. The van der Waals surface area contributed by atoms with Crippen molar-refractivity contribution in [2.75, 3.05) is 26.2 Å². The Morgan fingerprint density at radius 1 is 1.07 bits per heavy atom. The first-order valence-corrected chi connectivity index (χ1v) is 5.96. The molecule has 0 bridgehead atoms. The van der Waals surface area contributed by atoms with E-state index in [1.54, 1.807) is 0 Å². The van der Waals surface area contributed by atoms with E-state index in [1.165, 1.54) is 38.8 Å². The van der Waals surface area contributed by atoms with Crippen molar-refractivity contribution >= 4 is 0 Å². The fourth-order valence-electron chi connectivity index (χ4n) is 2.52. The average molecular weight is 198 g/mol. The molecule has 2 N–H and O–H groups in total. The zero-order valence-corrected chi connectivity index (χ0v) is 8.95. The molecule has 0 saturated carbocycles. The summed E-state index contributed by atoms with van der Waals surface area (Å²) >= 11 is 0. The van der Waals surface area contributed by atoms with Gasteiger partial charge in [-0.2, -0.15) is 0 Å². The monoisotopic (exact) mass is 198 g/mol. The lowest BCUT2D eigenvalue weighted by Gasteiger charge is -2.28. The van der Waals surface area contributed by atoms with Gasteiger partial charge in [0.05, 0.1) is 12.2 Å². The summed E-state index contributed by atoms with van der Waals surface area (Å²) in [5, 5.41) is 0. The number of nitrogens with two attached hydrogens (primary N) is 1. The Balaban J connectivity index is 1.69. The van der Waals surface area contributed by atoms with Gasteiger partial charge in [-0.25, -0.2) is 0 Å². The maximum atomic E-state index is 5.85. The lowest BCUT2D eigenvalue weighted by molar-refractivity contribution is 0.0235. The summed E-state index contributed by atoms with van der Waals surface area (Å²) in [5.41, 5.74) is 5.59. The highest BCUT2D eigenvalue weighted by atomic mass is 16.5. The maximum Gasteiger partial charge on any atom is 0.0707 e. The lowest BCUT2D eigenvalue weighted by Crippen LogP contribution is -2.36. The summed E-state index contributed by atoms with van der Waals surface area (Å²) in [4.78, 5) is 2.55. The smallest absolute Gasteiger partial charge is 0.0707 e. The van der Waals surface area contributed by atoms with Gasteiger partial charge in [-0.05, 0) is 38.8 Å². The van der Waals surface area contributed by atoms with E-state index in [1.807, 2.05) is 0 Å². The number of hydrogen-bond acceptors (Lipinski definition) is 3. The van der Waals surface area contributed by atoms with E-state index in [2.05, 4.69) is 4.90 Å². The first kappa shape index (κ1) is 10.4. The quantitative estimate of drug-likeness (QED) is 0.734. The van der Waals surface area contributed by atoms with Crippen LogP contribution in [0.3, 0.4) is 0 Å². The number of rotatable bonds is 3. The minimum absolute atomic E-state index is 0.338. The van der Waals surface area contributed by atoms with Crippen LogP contribution in [0.1, 0.15) is 32.1 Å². The van der Waals surface area contributed by atoms with Gasteiger partial charge >= 0.3 is 0 Å². The van der Waals surface area contributed by atoms with Crippen LogP contribution < -0.4 is 5.73 Å². The molecule has 2 rings (SSSR count). The summed E-state index contributed by atoms with van der Waals surface area (Å²) in [7, 11) is 0. The van der Waals surface area contributed by atoms with E-state index in [0.29, 0.717) is 18.8 Å². The molecule has 0 spiro atoms. The van der Waals surface area contributed by atoms with Crippen LogP contribution in [0.2, 0.25) is 0 Å². The number of hydrogen-bond donors (Lipinski definition) is 1. The molecule has 3 heteroatoms. The average Bonchev–Trinajstić information content (AvgIpc) is 2.67. The molecular weight excluding hydrogens is 176 g/mol. The van der Waals surface area contributed by atoms with Gasteiger partial charge in [-0.3, -0.25) is 0 Å². The van der Waals surface area contributed by atoms with Crippen molar-refractivity contribution in [3.05, 3.63) is 0 Å². The third kappa shape index (κ3) is 2.69. The molecule has 0 unspecified atom stereocenters. The first-order valence-electron chi connectivity index (χ1n) is 5.96. The largest absolute Gasteiger partial charge is 0.372 e. The van der Waals surface area contributed by atoms with Gasteiger partial charge in [0, 0.05) is 13.1 Å². The molecule has 0 radical (unpaired) electrons. The Kier molecular flexibility index (Phi) is 3.79. The second kappa shape index (κ2) is 5.10. The topological polar surface area (TPSA) is 38.5 Å². The summed E-state index contributed by atoms with van der Waals surface area (Å²) < 4.78 is 5.85. The SMILES string of the molecule is NC[C@@H]1CC[C@H](CN2CCCCC2)O1. The fraction of sp³-hybridized carbons (Fsp3) is 1.00. The predicted molar refractivity (Wildman–Crippen MR) is 57.2 cm³/mol. The molecule has 0 amide bonds. The van der Waals surface area contributed by atoms with Gasteiger partial charge in [0.15, 0.2) is 0 Å². The third-order valence-corrected chi connectivity index (χ3v) is 3.37. The van der Waals surface area contributed by atoms with E-state index < -0.39 is 0 Å². The van der Waals surface area contributed by atoms with E-state index in [4.69, 9.17) is 10.5 Å². The molecule has 2 aliphatic heterocycles. The number of piperidine rings is 1. The molecule has 3 nitrogen and oxygen atoms in total. The Bertz CT molecular complexity index is 169. The summed E-state index contributed by atoms with van der Waals surface area (Å²) in [6.45, 7) is 4.37. The van der Waals surface area contributed by atoms with Crippen molar-refractivity contribution in [3.8, 4) is 0 Å². The molecule has 2 heterocycles. The standard InChI is InChI=1S/C11H22N2O/c12-8-10-4-5-11(14-10)9-13-6-2-1-3-7-13/h10-11H,1-9,12H2/t10-,11+/m0/s1. The molecule has 2 atom stereocenters. The van der Waals surface area contributed by atoms with Crippen molar-refractivity contribution < 1.29 is 4.74 Å². The van der Waals surface area contributed by atoms with Crippen LogP contribution in [0.15, 0.2) is 0 Å². The van der Waals surface area contributed by atoms with Crippen LogP contribution >= 0.6 is 0 Å². The molecule has 0 aromatic heterocycles. The Morgan fingerprint density at radius 3 is 2.43 bits per heavy atom.